The van der Waals surface area contributed by atoms with Crippen molar-refractivity contribution in [2.75, 3.05) is 19.8 Å². The zero-order valence-corrected chi connectivity index (χ0v) is 23.3. The third-order valence-electron chi connectivity index (χ3n) is 7.80. The van der Waals surface area contributed by atoms with Crippen molar-refractivity contribution >= 4 is 23.6 Å². The number of carboxylic acid groups (broad SMARTS) is 1. The molecule has 39 heavy (non-hydrogen) atoms. The number of carbonyl (C=O) groups is 2. The molecule has 15 heteroatoms. The molecule has 0 aromatic heterocycles. The van der Waals surface area contributed by atoms with E-state index < -0.39 is 90.6 Å². The van der Waals surface area contributed by atoms with Crippen molar-refractivity contribution in [2.45, 2.75) is 112 Å². The molecule has 0 aromatic rings. The van der Waals surface area contributed by atoms with E-state index in [0.717, 1.165) is 31.1 Å². The van der Waals surface area contributed by atoms with Crippen molar-refractivity contribution in [3.05, 3.63) is 0 Å². The normalized spacial score (nSPS) is 43.1. The molecule has 0 spiro atoms. The van der Waals surface area contributed by atoms with Gasteiger partial charge in [0.05, 0.1) is 18.2 Å². The zero-order chi connectivity index (χ0) is 29.2. The Morgan fingerprint density at radius 3 is 2.26 bits per heavy atom. The summed E-state index contributed by atoms with van der Waals surface area (Å²) in [5.41, 5.74) is -0.951. The first-order valence-corrected chi connectivity index (χ1v) is 14.4. The van der Waals surface area contributed by atoms with Crippen molar-refractivity contribution in [1.29, 1.82) is 0 Å². The predicted octanol–water partition coefficient (Wildman–Crippen LogP) is -2.94. The number of aliphatic hydroxyl groups excluding tert-OH is 6. The molecule has 5 unspecified atom stereocenters. The smallest absolute Gasteiger partial charge is 0.335 e. The molecule has 3 heterocycles. The number of likely N-dealkylation sites (tertiary alicyclic amines) is 1. The zero-order valence-electron chi connectivity index (χ0n) is 22.4. The van der Waals surface area contributed by atoms with E-state index in [-0.39, 0.29) is 0 Å². The van der Waals surface area contributed by atoms with Crippen LogP contribution in [0.15, 0.2) is 0 Å². The van der Waals surface area contributed by atoms with Crippen LogP contribution in [0, 0.1) is 5.92 Å². The van der Waals surface area contributed by atoms with Crippen molar-refractivity contribution in [2.24, 2.45) is 5.92 Å². The first kappa shape index (κ1) is 32.4. The summed E-state index contributed by atoms with van der Waals surface area (Å²) in [6, 6.07) is -1.67. The third-order valence-corrected chi connectivity index (χ3v) is 8.66. The van der Waals surface area contributed by atoms with E-state index in [1.165, 1.54) is 6.92 Å². The molecule has 3 rings (SSSR count). The number of hydrogen-bond donors (Lipinski definition) is 8. The van der Waals surface area contributed by atoms with Gasteiger partial charge in [-0.2, -0.15) is 0 Å². The third kappa shape index (κ3) is 7.04. The van der Waals surface area contributed by atoms with Gasteiger partial charge >= 0.3 is 5.97 Å². The van der Waals surface area contributed by atoms with Gasteiger partial charge < -0.3 is 55.3 Å². The number of aliphatic carboxylic acids is 1. The number of rotatable bonds is 10. The highest BCUT2D eigenvalue weighted by molar-refractivity contribution is 7.99. The largest absolute Gasteiger partial charge is 0.479 e. The Morgan fingerprint density at radius 2 is 1.67 bits per heavy atom. The molecule has 14 nitrogen and oxygen atoms in total. The number of carbonyl (C=O) groups excluding carboxylic acids is 1. The first-order chi connectivity index (χ1) is 18.3. The fourth-order valence-electron chi connectivity index (χ4n) is 5.58. The number of nitrogens with one attached hydrogen (secondary N) is 1. The number of thioether (sulfide) groups is 1. The van der Waals surface area contributed by atoms with Gasteiger partial charge in [-0.05, 0) is 39.0 Å². The second-order valence-corrected chi connectivity index (χ2v) is 11.6. The van der Waals surface area contributed by atoms with Crippen LogP contribution in [-0.4, -0.2) is 151 Å². The summed E-state index contributed by atoms with van der Waals surface area (Å²) >= 11 is 1.09. The van der Waals surface area contributed by atoms with Crippen LogP contribution in [0.2, 0.25) is 0 Å². The van der Waals surface area contributed by atoms with Crippen LogP contribution in [0.4, 0.5) is 0 Å². The standard InChI is InChI=1S/C24H42N2O12S/c1-5-6-10-7-11(26(3)8-10)21(33)25-12(19-15(29)14(28)18(32)24(38-19)39-4)9(2)36-23-17(31)13(27)16(30)20(37-23)22(34)35/h9-20,23-24,27-32H,5-8H2,1-4H3,(H,25,33)(H,34,35)/t9-,10-,11+,12-,13?,14+,15-,16?,17?,18-,19-,20?,23?,24-/m1/s1. The van der Waals surface area contributed by atoms with E-state index in [1.54, 1.807) is 6.26 Å². The van der Waals surface area contributed by atoms with Crippen molar-refractivity contribution in [3.8, 4) is 0 Å². The summed E-state index contributed by atoms with van der Waals surface area (Å²) in [4.78, 5) is 26.9. The highest BCUT2D eigenvalue weighted by Gasteiger charge is 2.52. The molecule has 3 aliphatic rings. The van der Waals surface area contributed by atoms with Crippen LogP contribution in [0.5, 0.6) is 0 Å². The van der Waals surface area contributed by atoms with Crippen molar-refractivity contribution in [3.63, 3.8) is 0 Å². The summed E-state index contributed by atoms with van der Waals surface area (Å²) < 4.78 is 16.9. The lowest BCUT2D eigenvalue weighted by Crippen LogP contribution is -2.67. The van der Waals surface area contributed by atoms with Crippen molar-refractivity contribution < 1.29 is 59.5 Å². The molecule has 3 saturated heterocycles. The maximum atomic E-state index is 13.5. The van der Waals surface area contributed by atoms with E-state index in [4.69, 9.17) is 14.2 Å². The maximum Gasteiger partial charge on any atom is 0.335 e. The van der Waals surface area contributed by atoms with Crippen LogP contribution in [0.3, 0.4) is 0 Å². The minimum absolute atomic E-state index is 0.323. The van der Waals surface area contributed by atoms with Crippen LogP contribution in [0.1, 0.15) is 33.1 Å². The van der Waals surface area contributed by atoms with Gasteiger partial charge in [0.1, 0.15) is 48.2 Å². The molecule has 0 saturated carbocycles. The second-order valence-electron chi connectivity index (χ2n) is 10.6. The molecule has 0 bridgehead atoms. The molecule has 8 N–H and O–H groups in total. The molecule has 3 fully saturated rings. The Kier molecular flexibility index (Phi) is 11.4. The van der Waals surface area contributed by atoms with Crippen LogP contribution < -0.4 is 5.32 Å². The number of carboxylic acids is 1. The number of nitrogens with zero attached hydrogens (tertiary/aromatic N) is 1. The molecule has 0 aromatic carbocycles. The highest BCUT2D eigenvalue weighted by atomic mass is 32.2. The molecular formula is C24H42N2O12S. The Morgan fingerprint density at radius 1 is 1.03 bits per heavy atom. The van der Waals surface area contributed by atoms with E-state index in [1.807, 2.05) is 11.9 Å². The Hall–Kier alpha value is -1.11. The fourth-order valence-corrected chi connectivity index (χ4v) is 6.26. The van der Waals surface area contributed by atoms with Gasteiger partial charge in [0, 0.05) is 6.54 Å². The topological polar surface area (TPSA) is 219 Å². The lowest BCUT2D eigenvalue weighted by Gasteiger charge is -2.46. The number of hydrogen-bond acceptors (Lipinski definition) is 13. The van der Waals surface area contributed by atoms with Crippen LogP contribution in [0.25, 0.3) is 0 Å². The van der Waals surface area contributed by atoms with Gasteiger partial charge in [0.25, 0.3) is 0 Å². The number of aliphatic hydroxyl groups is 6. The van der Waals surface area contributed by atoms with Gasteiger partial charge in [-0.15, -0.1) is 11.8 Å². The number of likely N-dealkylation sites (N-methyl/N-ethyl adjacent to an activating group) is 1. The quantitative estimate of drug-likeness (QED) is 0.129. The molecule has 0 radical (unpaired) electrons. The van der Waals surface area contributed by atoms with Crippen LogP contribution >= 0.6 is 11.8 Å². The van der Waals surface area contributed by atoms with E-state index in [9.17, 15) is 45.3 Å². The van der Waals surface area contributed by atoms with Gasteiger partial charge in [-0.1, -0.05) is 13.3 Å². The minimum atomic E-state index is -1.92. The monoisotopic (exact) mass is 582 g/mol. The Bertz CT molecular complexity index is 839. The maximum absolute atomic E-state index is 13.5. The molecule has 14 atom stereocenters. The summed E-state index contributed by atoms with van der Waals surface area (Å²) in [6.45, 7) is 4.25. The average molecular weight is 583 g/mol. The lowest BCUT2D eigenvalue weighted by molar-refractivity contribution is -0.308. The SMILES string of the molecule is CCC[C@@H]1C[C@@H](C(=O)N[C@@H]([C@H]2O[C@H](SC)[C@H](O)[C@@H](O)[C@H]2O)[C@@H](C)OC2OC(C(=O)O)C(O)C(O)C2O)N(C)C1. The van der Waals surface area contributed by atoms with Gasteiger partial charge in [0.2, 0.25) is 5.91 Å². The second kappa shape index (κ2) is 13.7. The molecule has 3 aliphatic heterocycles. The summed E-state index contributed by atoms with van der Waals surface area (Å²) in [5.74, 6) is -1.65. The van der Waals surface area contributed by atoms with Gasteiger partial charge in [0.15, 0.2) is 12.4 Å². The Balaban J connectivity index is 1.85. The average Bonchev–Trinajstić information content (AvgIpc) is 3.26. The van der Waals surface area contributed by atoms with Gasteiger partial charge in [-0.3, -0.25) is 9.69 Å². The van der Waals surface area contributed by atoms with E-state index in [2.05, 4.69) is 12.2 Å². The van der Waals surface area contributed by atoms with E-state index >= 15 is 0 Å². The molecule has 0 aliphatic carbocycles. The minimum Gasteiger partial charge on any atom is -0.479 e. The fraction of sp³-hybridized carbons (Fsp3) is 0.917. The van der Waals surface area contributed by atoms with Gasteiger partial charge in [-0.25, -0.2) is 4.79 Å². The summed E-state index contributed by atoms with van der Waals surface area (Å²) in [6.07, 6.45) is -12.2. The molecule has 226 valence electrons. The summed E-state index contributed by atoms with van der Waals surface area (Å²) in [5, 5.41) is 74.4. The van der Waals surface area contributed by atoms with E-state index in [0.29, 0.717) is 12.3 Å². The molecule has 1 amide bonds. The number of amides is 1. The predicted molar refractivity (Wildman–Crippen MR) is 136 cm³/mol. The van der Waals surface area contributed by atoms with Crippen molar-refractivity contribution in [1.82, 2.24) is 10.2 Å². The first-order valence-electron chi connectivity index (χ1n) is 13.1. The highest BCUT2D eigenvalue weighted by Crippen LogP contribution is 2.32. The Labute approximate surface area is 231 Å². The molecular weight excluding hydrogens is 540 g/mol. The summed E-state index contributed by atoms with van der Waals surface area (Å²) in [7, 11) is 1.83. The lowest BCUT2D eigenvalue weighted by atomic mass is 9.91. The van der Waals surface area contributed by atoms with Crippen LogP contribution in [-0.2, 0) is 23.8 Å². The number of ether oxygens (including phenoxy) is 3.